The summed E-state index contributed by atoms with van der Waals surface area (Å²) in [6.45, 7) is 4.33. The zero-order valence-electron chi connectivity index (χ0n) is 14.4. The molecule has 4 rings (SSSR count). The molecule has 2 aromatic heterocycles. The molecule has 0 N–H and O–H groups in total. The number of hydrogen-bond acceptors (Lipinski definition) is 4. The summed E-state index contributed by atoms with van der Waals surface area (Å²) in [5.74, 6) is 0.0739. The van der Waals surface area contributed by atoms with Crippen molar-refractivity contribution in [3.05, 3.63) is 42.2 Å². The number of hydrogen-bond donors (Lipinski definition) is 0. The second-order valence-electron chi connectivity index (χ2n) is 6.48. The fourth-order valence-electron chi connectivity index (χ4n) is 3.59. The maximum absolute atomic E-state index is 13.1. The number of aryl methyl sites for hydroxylation is 1. The van der Waals surface area contributed by atoms with Crippen molar-refractivity contribution in [1.29, 1.82) is 0 Å². The molecule has 1 unspecified atom stereocenters. The Labute approximate surface area is 146 Å². The number of carbonyl (C=O) groups excluding carboxylic acids is 1. The Morgan fingerprint density at radius 1 is 1.32 bits per heavy atom. The van der Waals surface area contributed by atoms with Crippen LogP contribution in [0.3, 0.4) is 0 Å². The van der Waals surface area contributed by atoms with Crippen LogP contribution in [0.1, 0.15) is 36.5 Å². The van der Waals surface area contributed by atoms with Crippen molar-refractivity contribution in [2.75, 3.05) is 6.54 Å². The van der Waals surface area contributed by atoms with E-state index in [9.17, 15) is 4.79 Å². The molecule has 0 radical (unpaired) electrons. The summed E-state index contributed by atoms with van der Waals surface area (Å²) < 4.78 is 3.75. The Bertz CT molecular complexity index is 869. The largest absolute Gasteiger partial charge is 0.334 e. The van der Waals surface area contributed by atoms with E-state index in [1.807, 2.05) is 51.6 Å². The highest BCUT2D eigenvalue weighted by molar-refractivity contribution is 5.97. The number of likely N-dealkylation sites (tertiary alicyclic amines) is 1. The molecule has 0 spiro atoms. The molecule has 7 heteroatoms. The molecule has 1 atom stereocenters. The minimum Gasteiger partial charge on any atom is -0.334 e. The number of piperidine rings is 1. The Hall–Kier alpha value is -2.70. The predicted octanol–water partition coefficient (Wildman–Crippen LogP) is 2.34. The highest BCUT2D eigenvalue weighted by Gasteiger charge is 2.28. The van der Waals surface area contributed by atoms with Crippen LogP contribution in [0, 0.1) is 0 Å². The molecule has 0 bridgehead atoms. The van der Waals surface area contributed by atoms with Gasteiger partial charge in [0.15, 0.2) is 0 Å². The van der Waals surface area contributed by atoms with Gasteiger partial charge in [-0.2, -0.15) is 5.10 Å². The van der Waals surface area contributed by atoms with E-state index >= 15 is 0 Å². The summed E-state index contributed by atoms with van der Waals surface area (Å²) in [6, 6.07) is 7.79. The first-order valence-electron chi connectivity index (χ1n) is 8.88. The van der Waals surface area contributed by atoms with Crippen LogP contribution in [0.15, 0.2) is 36.7 Å². The molecule has 130 valence electrons. The highest BCUT2D eigenvalue weighted by Crippen LogP contribution is 2.22. The number of amides is 1. The van der Waals surface area contributed by atoms with Crippen LogP contribution < -0.4 is 0 Å². The third kappa shape index (κ3) is 3.01. The monoisotopic (exact) mass is 338 g/mol. The summed E-state index contributed by atoms with van der Waals surface area (Å²) in [4.78, 5) is 15.1. The number of nitrogens with zero attached hydrogens (tertiary/aromatic N) is 6. The summed E-state index contributed by atoms with van der Waals surface area (Å²) in [7, 11) is 0. The number of aromatic nitrogens is 5. The van der Waals surface area contributed by atoms with Gasteiger partial charge in [-0.1, -0.05) is 5.21 Å². The molecule has 0 aliphatic carbocycles. The van der Waals surface area contributed by atoms with Gasteiger partial charge < -0.3 is 4.90 Å². The first kappa shape index (κ1) is 15.8. The van der Waals surface area contributed by atoms with E-state index in [1.54, 1.807) is 6.20 Å². The lowest BCUT2D eigenvalue weighted by Gasteiger charge is -2.35. The summed E-state index contributed by atoms with van der Waals surface area (Å²) in [5, 5.41) is 12.6. The lowest BCUT2D eigenvalue weighted by molar-refractivity contribution is 0.0584. The molecular formula is C18H22N6O. The molecular weight excluding hydrogens is 316 g/mol. The van der Waals surface area contributed by atoms with Crippen molar-refractivity contribution >= 4 is 16.9 Å². The maximum atomic E-state index is 13.1. The minimum absolute atomic E-state index is 0.0739. The molecule has 1 aliphatic heterocycles. The molecule has 1 aromatic carbocycles. The van der Waals surface area contributed by atoms with Crippen molar-refractivity contribution < 1.29 is 4.79 Å². The van der Waals surface area contributed by atoms with Crippen LogP contribution >= 0.6 is 0 Å². The SMILES string of the molecule is CCn1nnc2cc(C(=O)N3CCCCC3Cn3cccn3)ccc21. The van der Waals surface area contributed by atoms with Crippen molar-refractivity contribution in [3.8, 4) is 0 Å². The van der Waals surface area contributed by atoms with Crippen molar-refractivity contribution in [2.45, 2.75) is 45.3 Å². The van der Waals surface area contributed by atoms with Crippen molar-refractivity contribution in [2.24, 2.45) is 0 Å². The number of benzene rings is 1. The smallest absolute Gasteiger partial charge is 0.254 e. The molecule has 3 heterocycles. The van der Waals surface area contributed by atoms with Gasteiger partial charge in [-0.3, -0.25) is 9.48 Å². The number of rotatable bonds is 4. The van der Waals surface area contributed by atoms with Crippen LogP contribution in [0.5, 0.6) is 0 Å². The van der Waals surface area contributed by atoms with Gasteiger partial charge in [0.05, 0.1) is 18.1 Å². The van der Waals surface area contributed by atoms with E-state index in [0.29, 0.717) is 5.56 Å². The van der Waals surface area contributed by atoms with E-state index in [-0.39, 0.29) is 11.9 Å². The van der Waals surface area contributed by atoms with E-state index < -0.39 is 0 Å². The average molecular weight is 338 g/mol. The first-order chi connectivity index (χ1) is 12.3. The summed E-state index contributed by atoms with van der Waals surface area (Å²) in [5.41, 5.74) is 2.42. The van der Waals surface area contributed by atoms with Gasteiger partial charge in [0.2, 0.25) is 0 Å². The standard InChI is InChI=1S/C18H22N6O/c1-2-24-17-8-7-14(12-16(17)20-21-24)18(25)23-11-4-3-6-15(23)13-22-10-5-9-19-22/h5,7-10,12,15H,2-4,6,11,13H2,1H3. The third-order valence-electron chi connectivity index (χ3n) is 4.91. The van der Waals surface area contributed by atoms with Crippen LogP contribution in [0.4, 0.5) is 0 Å². The van der Waals surface area contributed by atoms with Gasteiger partial charge in [0, 0.05) is 31.0 Å². The van der Waals surface area contributed by atoms with Gasteiger partial charge in [-0.15, -0.1) is 5.10 Å². The Kier molecular flexibility index (Phi) is 4.21. The number of carbonyl (C=O) groups is 1. The quantitative estimate of drug-likeness (QED) is 0.732. The Balaban J connectivity index is 1.59. The second-order valence-corrected chi connectivity index (χ2v) is 6.48. The average Bonchev–Trinajstić information content (AvgIpc) is 3.30. The van der Waals surface area contributed by atoms with Gasteiger partial charge in [-0.05, 0) is 50.5 Å². The van der Waals surface area contributed by atoms with E-state index in [1.165, 1.54) is 0 Å². The van der Waals surface area contributed by atoms with Gasteiger partial charge in [0.25, 0.3) is 5.91 Å². The van der Waals surface area contributed by atoms with Crippen molar-refractivity contribution in [1.82, 2.24) is 29.7 Å². The zero-order valence-corrected chi connectivity index (χ0v) is 14.4. The molecule has 7 nitrogen and oxygen atoms in total. The summed E-state index contributed by atoms with van der Waals surface area (Å²) >= 11 is 0. The first-order valence-corrected chi connectivity index (χ1v) is 8.88. The minimum atomic E-state index is 0.0739. The second kappa shape index (κ2) is 6.66. The van der Waals surface area contributed by atoms with Gasteiger partial charge in [-0.25, -0.2) is 4.68 Å². The van der Waals surface area contributed by atoms with Gasteiger partial charge >= 0.3 is 0 Å². The van der Waals surface area contributed by atoms with Crippen LogP contribution in [-0.2, 0) is 13.1 Å². The van der Waals surface area contributed by atoms with Gasteiger partial charge in [0.1, 0.15) is 5.52 Å². The van der Waals surface area contributed by atoms with Crippen molar-refractivity contribution in [3.63, 3.8) is 0 Å². The predicted molar refractivity (Wildman–Crippen MR) is 94.1 cm³/mol. The fourth-order valence-corrected chi connectivity index (χ4v) is 3.59. The Morgan fingerprint density at radius 3 is 3.04 bits per heavy atom. The topological polar surface area (TPSA) is 68.8 Å². The molecule has 3 aromatic rings. The van der Waals surface area contributed by atoms with Crippen LogP contribution in [0.25, 0.3) is 11.0 Å². The lowest BCUT2D eigenvalue weighted by Crippen LogP contribution is -2.45. The highest BCUT2D eigenvalue weighted by atomic mass is 16.2. The van der Waals surface area contributed by atoms with E-state index in [4.69, 9.17) is 0 Å². The molecule has 25 heavy (non-hydrogen) atoms. The fraction of sp³-hybridized carbons (Fsp3) is 0.444. The maximum Gasteiger partial charge on any atom is 0.254 e. The van der Waals surface area contributed by atoms with Crippen LogP contribution in [0.2, 0.25) is 0 Å². The third-order valence-corrected chi connectivity index (χ3v) is 4.91. The lowest BCUT2D eigenvalue weighted by atomic mass is 10.0. The molecule has 1 amide bonds. The zero-order chi connectivity index (χ0) is 17.2. The van der Waals surface area contributed by atoms with E-state index in [2.05, 4.69) is 15.4 Å². The van der Waals surface area contributed by atoms with Crippen LogP contribution in [-0.4, -0.2) is 48.2 Å². The normalized spacial score (nSPS) is 18.0. The molecule has 1 fully saturated rings. The molecule has 1 saturated heterocycles. The summed E-state index contributed by atoms with van der Waals surface area (Å²) in [6.07, 6.45) is 6.95. The Morgan fingerprint density at radius 2 is 2.24 bits per heavy atom. The van der Waals surface area contributed by atoms with E-state index in [0.717, 1.165) is 49.9 Å². The number of fused-ring (bicyclic) bond motifs is 1. The molecule has 1 aliphatic rings. The molecule has 0 saturated carbocycles.